The number of nitrogens with two attached hydrogens (primary N) is 4. The molecular weight excluding hydrogens is 865 g/mol. The SMILES string of the molecule is CNC(=O)C(C)N(S)C(CS)(C(N)=O)N(CCS)N(CCCCS)C(=O)[C@](N)(N(CCCS)C(CS)C(N)=O)C(S)(S)N(CCS)C(CS)C(N)=O. The van der Waals surface area contributed by atoms with Gasteiger partial charge in [-0.2, -0.15) is 93.4 Å². The first-order valence-corrected chi connectivity index (χ1v) is 21.7. The van der Waals surface area contributed by atoms with Crippen molar-refractivity contribution in [2.45, 2.75) is 59.8 Å². The Labute approximate surface area is 362 Å². The normalized spacial score (nSPS) is 16.3. The molecule has 52 heavy (non-hydrogen) atoms. The van der Waals surface area contributed by atoms with Crippen LogP contribution in [0.15, 0.2) is 0 Å². The van der Waals surface area contributed by atoms with Crippen LogP contribution in [0, 0.1) is 0 Å². The second-order valence-electron chi connectivity index (χ2n) is 11.5. The molecule has 0 aromatic heterocycles. The average Bonchev–Trinajstić information content (AvgIpc) is 3.10. The Hall–Kier alpha value is 0.650. The highest BCUT2D eigenvalue weighted by molar-refractivity contribution is 8.00. The van der Waals surface area contributed by atoms with Crippen LogP contribution in [0.2, 0.25) is 0 Å². The Bertz CT molecular complexity index is 1190. The summed E-state index contributed by atoms with van der Waals surface area (Å²) in [5.41, 5.74) is 20.7. The molecule has 0 bridgehead atoms. The molecular formula is C27H56N10O5S10. The molecule has 5 atom stereocenters. The van der Waals surface area contributed by atoms with Crippen molar-refractivity contribution in [3.05, 3.63) is 0 Å². The summed E-state index contributed by atoms with van der Waals surface area (Å²) in [5, 5.41) is 4.98. The molecule has 0 aliphatic rings. The highest BCUT2D eigenvalue weighted by Gasteiger charge is 2.63. The van der Waals surface area contributed by atoms with Gasteiger partial charge < -0.3 is 28.3 Å². The summed E-state index contributed by atoms with van der Waals surface area (Å²) in [6.45, 7) is 1.09. The second kappa shape index (κ2) is 25.1. The van der Waals surface area contributed by atoms with Crippen LogP contribution in [0.1, 0.15) is 26.2 Å². The van der Waals surface area contributed by atoms with Crippen molar-refractivity contribution < 1.29 is 24.0 Å². The maximum absolute atomic E-state index is 15.8. The van der Waals surface area contributed by atoms with Crippen LogP contribution in [0.5, 0.6) is 0 Å². The van der Waals surface area contributed by atoms with E-state index < -0.39 is 63.2 Å². The first-order valence-electron chi connectivity index (χ1n) is 16.0. The number of nitrogens with one attached hydrogen (secondary N) is 1. The number of hydrogen-bond acceptors (Lipinski definition) is 20. The van der Waals surface area contributed by atoms with E-state index >= 15 is 4.79 Å². The number of primary amides is 3. The van der Waals surface area contributed by atoms with Crippen LogP contribution in [0.3, 0.4) is 0 Å². The number of amides is 5. The quantitative estimate of drug-likeness (QED) is 0.0192. The molecule has 0 aromatic rings. The first kappa shape index (κ1) is 52.6. The Morgan fingerprint density at radius 3 is 1.60 bits per heavy atom. The zero-order valence-corrected chi connectivity index (χ0v) is 38.1. The van der Waals surface area contributed by atoms with Gasteiger partial charge in [0.15, 0.2) is 15.5 Å². The minimum absolute atomic E-state index is 0.0404. The molecule has 304 valence electrons. The molecule has 15 nitrogen and oxygen atoms in total. The summed E-state index contributed by atoms with van der Waals surface area (Å²) >= 11 is 45.3. The monoisotopic (exact) mass is 920 g/mol. The lowest BCUT2D eigenvalue weighted by molar-refractivity contribution is -0.194. The number of likely N-dealkylation sites (N-methyl/N-ethyl adjacent to an activating group) is 1. The minimum Gasteiger partial charge on any atom is -0.368 e. The number of thiol groups is 10. The molecule has 0 saturated carbocycles. The van der Waals surface area contributed by atoms with Gasteiger partial charge >= 0.3 is 0 Å². The fraction of sp³-hybridized carbons (Fsp3) is 0.815. The van der Waals surface area contributed by atoms with E-state index in [-0.39, 0.29) is 61.4 Å². The van der Waals surface area contributed by atoms with Crippen LogP contribution in [-0.4, -0.2) is 161 Å². The highest BCUT2D eigenvalue weighted by Crippen LogP contribution is 2.43. The van der Waals surface area contributed by atoms with E-state index in [4.69, 9.17) is 48.2 Å². The Morgan fingerprint density at radius 1 is 0.712 bits per heavy atom. The third kappa shape index (κ3) is 12.1. The van der Waals surface area contributed by atoms with Crippen LogP contribution >= 0.6 is 126 Å². The first-order chi connectivity index (χ1) is 24.3. The van der Waals surface area contributed by atoms with E-state index in [0.717, 1.165) is 4.31 Å². The standard InChI is InChI=1S/C27H56N10O5S10/c1-17(22(40)32-2)37(52)25(16-49,23(30)41)36(9-13-46)35(7-3-4-10-43)24(42)26(31,33(6-5-11-44)18(14-47)20(28)38)27(50,51)34(8-12-45)19(15-48)21(29)39/h17-19,43-52H,3-16,31H2,1-2H3,(H2,28,38)(H2,29,39)(H2,30,41)(H,32,40)/t17?,18?,19?,25?,26-/m0/s1. The Kier molecular flexibility index (Phi) is 25.4. The predicted octanol–water partition coefficient (Wildman–Crippen LogP) is -1.35. The van der Waals surface area contributed by atoms with Crippen molar-refractivity contribution in [2.24, 2.45) is 22.9 Å². The molecule has 5 amide bonds. The molecule has 0 radical (unpaired) electrons. The van der Waals surface area contributed by atoms with Gasteiger partial charge in [0.1, 0.15) is 0 Å². The van der Waals surface area contributed by atoms with Gasteiger partial charge in [0.25, 0.3) is 11.8 Å². The second-order valence-corrected chi connectivity index (χ2v) is 16.4. The van der Waals surface area contributed by atoms with Gasteiger partial charge in [-0.05, 0) is 37.7 Å². The number of rotatable bonds is 28. The Morgan fingerprint density at radius 2 is 1.21 bits per heavy atom. The third-order valence-corrected chi connectivity index (χ3v) is 12.4. The largest absolute Gasteiger partial charge is 0.368 e. The third-order valence-electron chi connectivity index (χ3n) is 8.37. The van der Waals surface area contributed by atoms with Crippen molar-refractivity contribution in [3.63, 3.8) is 0 Å². The van der Waals surface area contributed by atoms with Crippen molar-refractivity contribution in [2.75, 3.05) is 73.5 Å². The number of unbranched alkanes of at least 4 members (excludes halogenated alkanes) is 1. The molecule has 0 fully saturated rings. The number of carbonyl (C=O) groups is 5. The molecule has 0 saturated heterocycles. The molecule has 0 aliphatic carbocycles. The van der Waals surface area contributed by atoms with Crippen LogP contribution in [0.4, 0.5) is 0 Å². The lowest BCUT2D eigenvalue weighted by Gasteiger charge is -2.58. The van der Waals surface area contributed by atoms with Crippen molar-refractivity contribution in [1.29, 1.82) is 0 Å². The lowest BCUT2D eigenvalue weighted by atomic mass is 9.99. The van der Waals surface area contributed by atoms with Crippen molar-refractivity contribution >= 4 is 156 Å². The summed E-state index contributed by atoms with van der Waals surface area (Å²) in [4.78, 5) is 71.1. The van der Waals surface area contributed by atoms with Crippen molar-refractivity contribution in [1.82, 2.24) is 29.4 Å². The number of hydrogen-bond donors (Lipinski definition) is 15. The van der Waals surface area contributed by atoms with E-state index in [1.165, 1.54) is 33.8 Å². The molecule has 0 rings (SSSR count). The van der Waals surface area contributed by atoms with Crippen LogP contribution < -0.4 is 28.3 Å². The van der Waals surface area contributed by atoms with Gasteiger partial charge in [0.05, 0.1) is 18.1 Å². The van der Waals surface area contributed by atoms with E-state index in [1.807, 2.05) is 0 Å². The van der Waals surface area contributed by atoms with Gasteiger partial charge in [0.2, 0.25) is 17.7 Å². The molecule has 0 aromatic carbocycles. The van der Waals surface area contributed by atoms with Gasteiger partial charge in [-0.15, -0.1) is 25.3 Å². The summed E-state index contributed by atoms with van der Waals surface area (Å²) in [7, 11) is 1.41. The maximum atomic E-state index is 15.8. The van der Waals surface area contributed by atoms with Crippen LogP contribution in [-0.2, 0) is 24.0 Å². The average molecular weight is 921 g/mol. The number of carbonyl (C=O) groups excluding carboxylic acids is 5. The van der Waals surface area contributed by atoms with Gasteiger partial charge in [0, 0.05) is 62.0 Å². The molecule has 0 aliphatic heterocycles. The lowest BCUT2D eigenvalue weighted by Crippen LogP contribution is -2.83. The fourth-order valence-electron chi connectivity index (χ4n) is 5.55. The van der Waals surface area contributed by atoms with Gasteiger partial charge in [-0.3, -0.25) is 38.8 Å². The number of nitrogens with zero attached hydrogens (tertiary/aromatic N) is 5. The summed E-state index contributed by atoms with van der Waals surface area (Å²) in [5.74, 6) is -4.10. The highest BCUT2D eigenvalue weighted by atomic mass is 32.2. The number of hydrazine groups is 1. The predicted molar refractivity (Wildman–Crippen MR) is 243 cm³/mol. The van der Waals surface area contributed by atoms with E-state index in [9.17, 15) is 19.2 Å². The molecule has 25 heteroatoms. The summed E-state index contributed by atoms with van der Waals surface area (Å²) in [6.07, 6.45) is 1.08. The van der Waals surface area contributed by atoms with Crippen LogP contribution in [0.25, 0.3) is 0 Å². The molecule has 0 heterocycles. The van der Waals surface area contributed by atoms with E-state index in [0.29, 0.717) is 24.3 Å². The maximum Gasteiger partial charge on any atom is 0.275 e. The van der Waals surface area contributed by atoms with Gasteiger partial charge in [-0.1, -0.05) is 12.8 Å². The summed E-state index contributed by atoms with van der Waals surface area (Å²) in [6, 6.07) is -3.62. The molecule has 9 N–H and O–H groups in total. The topological polar surface area (TPSA) is 218 Å². The molecule has 0 spiro atoms. The zero-order valence-electron chi connectivity index (χ0n) is 29.2. The van der Waals surface area contributed by atoms with Gasteiger partial charge in [-0.25, -0.2) is 4.31 Å². The van der Waals surface area contributed by atoms with E-state index in [2.05, 4.69) is 107 Å². The fourth-order valence-corrected chi connectivity index (χ4v) is 8.96. The zero-order chi connectivity index (χ0) is 40.6. The minimum atomic E-state index is -2.53. The van der Waals surface area contributed by atoms with E-state index in [1.54, 1.807) is 0 Å². The Balaban J connectivity index is 8.61. The smallest absolute Gasteiger partial charge is 0.275 e. The summed E-state index contributed by atoms with van der Waals surface area (Å²) < 4.78 is -1.09. The van der Waals surface area contributed by atoms with Crippen molar-refractivity contribution in [3.8, 4) is 0 Å². The molecule has 4 unspecified atom stereocenters.